The normalized spacial score (nSPS) is 33.6. The molecule has 2 heteroatoms. The van der Waals surface area contributed by atoms with E-state index in [2.05, 4.69) is 54.0 Å². The molecule has 2 rings (SSSR count). The molecule has 2 unspecified atom stereocenters. The number of hydrogen-bond acceptors (Lipinski definition) is 1. The van der Waals surface area contributed by atoms with Crippen LogP contribution in [0.15, 0.2) is 28.7 Å². The Morgan fingerprint density at radius 1 is 1.18 bits per heavy atom. The predicted octanol–water partition coefficient (Wildman–Crippen LogP) is 4.15. The van der Waals surface area contributed by atoms with Crippen LogP contribution in [-0.2, 0) is 6.42 Å². The van der Waals surface area contributed by atoms with Crippen molar-refractivity contribution in [1.82, 2.24) is 0 Å². The molecule has 0 bridgehead atoms. The van der Waals surface area contributed by atoms with Crippen LogP contribution in [0.1, 0.15) is 38.7 Å². The van der Waals surface area contributed by atoms with Crippen LogP contribution in [0.4, 0.5) is 0 Å². The lowest BCUT2D eigenvalue weighted by molar-refractivity contribution is 0.182. The van der Waals surface area contributed by atoms with Gasteiger partial charge in [0, 0.05) is 10.0 Å². The second-order valence-electron chi connectivity index (χ2n) is 6.02. The average molecular weight is 296 g/mol. The maximum atomic E-state index is 6.60. The van der Waals surface area contributed by atoms with Gasteiger partial charge in [0.25, 0.3) is 0 Å². The van der Waals surface area contributed by atoms with E-state index in [1.165, 1.54) is 12.0 Å². The van der Waals surface area contributed by atoms with E-state index in [-0.39, 0.29) is 5.54 Å². The summed E-state index contributed by atoms with van der Waals surface area (Å²) < 4.78 is 1.14. The Labute approximate surface area is 113 Å². The van der Waals surface area contributed by atoms with Gasteiger partial charge in [0.1, 0.15) is 0 Å². The van der Waals surface area contributed by atoms with Crippen LogP contribution < -0.4 is 5.73 Å². The molecule has 0 radical (unpaired) electrons. The molecule has 1 aromatic rings. The Morgan fingerprint density at radius 2 is 1.71 bits per heavy atom. The minimum Gasteiger partial charge on any atom is -0.325 e. The first-order valence-electron chi connectivity index (χ1n) is 6.50. The Bertz CT molecular complexity index is 361. The maximum absolute atomic E-state index is 6.60. The smallest absolute Gasteiger partial charge is 0.0200 e. The first-order chi connectivity index (χ1) is 7.97. The summed E-state index contributed by atoms with van der Waals surface area (Å²) in [5, 5.41) is 0. The summed E-state index contributed by atoms with van der Waals surface area (Å²) in [7, 11) is 0. The predicted molar refractivity (Wildman–Crippen MR) is 76.9 cm³/mol. The van der Waals surface area contributed by atoms with Crippen LogP contribution in [0.2, 0.25) is 0 Å². The maximum Gasteiger partial charge on any atom is 0.0200 e. The van der Waals surface area contributed by atoms with E-state index in [0.717, 1.165) is 35.6 Å². The molecule has 1 saturated carbocycles. The van der Waals surface area contributed by atoms with E-state index in [1.807, 2.05) is 0 Å². The van der Waals surface area contributed by atoms with Gasteiger partial charge in [-0.3, -0.25) is 0 Å². The van der Waals surface area contributed by atoms with E-state index < -0.39 is 0 Å². The first-order valence-corrected chi connectivity index (χ1v) is 7.29. The third-order valence-electron chi connectivity index (χ3n) is 3.78. The largest absolute Gasteiger partial charge is 0.325 e. The van der Waals surface area contributed by atoms with Gasteiger partial charge in [-0.2, -0.15) is 0 Å². The van der Waals surface area contributed by atoms with Crippen molar-refractivity contribution in [3.8, 4) is 0 Å². The van der Waals surface area contributed by atoms with E-state index in [9.17, 15) is 0 Å². The molecular weight excluding hydrogens is 274 g/mol. The summed E-state index contributed by atoms with van der Waals surface area (Å²) in [6, 6.07) is 8.58. The van der Waals surface area contributed by atoms with Gasteiger partial charge in [0.15, 0.2) is 0 Å². The van der Waals surface area contributed by atoms with Gasteiger partial charge in [-0.1, -0.05) is 41.9 Å². The lowest BCUT2D eigenvalue weighted by Crippen LogP contribution is -2.48. The van der Waals surface area contributed by atoms with Gasteiger partial charge >= 0.3 is 0 Å². The zero-order valence-corrected chi connectivity index (χ0v) is 12.3. The highest BCUT2D eigenvalue weighted by Gasteiger charge is 2.34. The molecular formula is C15H22BrN. The Hall–Kier alpha value is -0.340. The van der Waals surface area contributed by atoms with Crippen LogP contribution in [0.25, 0.3) is 0 Å². The van der Waals surface area contributed by atoms with Crippen molar-refractivity contribution < 1.29 is 0 Å². The van der Waals surface area contributed by atoms with Crippen LogP contribution in [0, 0.1) is 11.8 Å². The highest BCUT2D eigenvalue weighted by Crippen LogP contribution is 2.36. The van der Waals surface area contributed by atoms with Crippen molar-refractivity contribution in [3.05, 3.63) is 34.3 Å². The van der Waals surface area contributed by atoms with Crippen molar-refractivity contribution in [2.45, 2.75) is 45.1 Å². The van der Waals surface area contributed by atoms with Gasteiger partial charge in [0.2, 0.25) is 0 Å². The van der Waals surface area contributed by atoms with Crippen LogP contribution >= 0.6 is 15.9 Å². The van der Waals surface area contributed by atoms with Crippen molar-refractivity contribution in [3.63, 3.8) is 0 Å². The molecule has 0 aliphatic heterocycles. The van der Waals surface area contributed by atoms with E-state index in [4.69, 9.17) is 5.73 Å². The Balaban J connectivity index is 2.08. The Morgan fingerprint density at radius 3 is 2.24 bits per heavy atom. The minimum absolute atomic E-state index is 0.00487. The number of nitrogens with two attached hydrogens (primary N) is 1. The third-order valence-corrected chi connectivity index (χ3v) is 4.31. The highest BCUT2D eigenvalue weighted by atomic mass is 79.9. The fraction of sp³-hybridized carbons (Fsp3) is 0.600. The van der Waals surface area contributed by atoms with Gasteiger partial charge in [-0.25, -0.2) is 0 Å². The molecule has 0 saturated heterocycles. The monoisotopic (exact) mass is 295 g/mol. The quantitative estimate of drug-likeness (QED) is 0.872. The van der Waals surface area contributed by atoms with E-state index in [1.54, 1.807) is 0 Å². The van der Waals surface area contributed by atoms with Crippen LogP contribution in [-0.4, -0.2) is 5.54 Å². The standard InChI is InChI=1S/C15H22BrN/c1-11-7-12(2)9-15(17,8-11)10-13-3-5-14(16)6-4-13/h3-6,11-12H,7-10,17H2,1-2H3. The third kappa shape index (κ3) is 3.56. The summed E-state index contributed by atoms with van der Waals surface area (Å²) in [6.07, 6.45) is 4.66. The number of benzene rings is 1. The summed E-state index contributed by atoms with van der Waals surface area (Å²) in [5.41, 5.74) is 7.96. The van der Waals surface area contributed by atoms with Crippen molar-refractivity contribution in [1.29, 1.82) is 0 Å². The lowest BCUT2D eigenvalue weighted by Gasteiger charge is -2.40. The van der Waals surface area contributed by atoms with E-state index >= 15 is 0 Å². The molecule has 1 aromatic carbocycles. The fourth-order valence-corrected chi connectivity index (χ4v) is 3.74. The second-order valence-corrected chi connectivity index (χ2v) is 6.94. The molecule has 1 nitrogen and oxygen atoms in total. The summed E-state index contributed by atoms with van der Waals surface area (Å²) in [5.74, 6) is 1.53. The number of halogens is 1. The van der Waals surface area contributed by atoms with Gasteiger partial charge in [-0.15, -0.1) is 0 Å². The van der Waals surface area contributed by atoms with Gasteiger partial charge in [-0.05, 0) is 55.2 Å². The molecule has 0 spiro atoms. The number of hydrogen-bond donors (Lipinski definition) is 1. The fourth-order valence-electron chi connectivity index (χ4n) is 3.48. The molecule has 94 valence electrons. The van der Waals surface area contributed by atoms with Gasteiger partial charge < -0.3 is 5.73 Å². The Kier molecular flexibility index (Phi) is 3.94. The average Bonchev–Trinajstić information content (AvgIpc) is 2.19. The van der Waals surface area contributed by atoms with Gasteiger partial charge in [0.05, 0.1) is 0 Å². The molecule has 2 atom stereocenters. The van der Waals surface area contributed by atoms with Crippen molar-refractivity contribution in [2.24, 2.45) is 17.6 Å². The van der Waals surface area contributed by atoms with Crippen LogP contribution in [0.5, 0.6) is 0 Å². The summed E-state index contributed by atoms with van der Waals surface area (Å²) in [6.45, 7) is 4.66. The zero-order chi connectivity index (χ0) is 12.5. The zero-order valence-electron chi connectivity index (χ0n) is 10.7. The molecule has 2 N–H and O–H groups in total. The van der Waals surface area contributed by atoms with Crippen LogP contribution in [0.3, 0.4) is 0 Å². The first kappa shape index (κ1) is 13.1. The topological polar surface area (TPSA) is 26.0 Å². The molecule has 1 fully saturated rings. The molecule has 0 aromatic heterocycles. The lowest BCUT2D eigenvalue weighted by atomic mass is 9.70. The SMILES string of the molecule is CC1CC(C)CC(N)(Cc2ccc(Br)cc2)C1. The summed E-state index contributed by atoms with van der Waals surface area (Å²) >= 11 is 3.47. The molecule has 1 aliphatic carbocycles. The minimum atomic E-state index is 0.00487. The van der Waals surface area contributed by atoms with Crippen molar-refractivity contribution in [2.75, 3.05) is 0 Å². The summed E-state index contributed by atoms with van der Waals surface area (Å²) in [4.78, 5) is 0. The van der Waals surface area contributed by atoms with Crippen molar-refractivity contribution >= 4 is 15.9 Å². The molecule has 1 aliphatic rings. The molecule has 0 amide bonds. The number of rotatable bonds is 2. The highest BCUT2D eigenvalue weighted by molar-refractivity contribution is 9.10. The van der Waals surface area contributed by atoms with E-state index in [0.29, 0.717) is 0 Å². The molecule has 0 heterocycles. The second kappa shape index (κ2) is 5.11. The molecule has 17 heavy (non-hydrogen) atoms.